The Hall–Kier alpha value is -6.96. The van der Waals surface area contributed by atoms with Crippen LogP contribution in [0.5, 0.6) is 0 Å². The lowest BCUT2D eigenvalue weighted by atomic mass is 9.51. The molecule has 12 rings (SSSR count). The van der Waals surface area contributed by atoms with Crippen molar-refractivity contribution in [3.63, 3.8) is 0 Å². The van der Waals surface area contributed by atoms with Crippen LogP contribution in [-0.4, -0.2) is 6.04 Å². The molecule has 1 atom stereocenters. The summed E-state index contributed by atoms with van der Waals surface area (Å²) in [5.41, 5.74) is 21.4. The first-order valence-electron chi connectivity index (χ1n) is 21.5. The normalized spacial score (nSPS) is 17.7. The van der Waals surface area contributed by atoms with E-state index in [4.69, 9.17) is 0 Å². The zero-order chi connectivity index (χ0) is 40.1. The zero-order valence-corrected chi connectivity index (χ0v) is 34.0. The molecule has 286 valence electrons. The molecule has 1 nitrogen and oxygen atoms in total. The van der Waals surface area contributed by atoms with Crippen LogP contribution in [0.2, 0.25) is 0 Å². The van der Waals surface area contributed by atoms with Crippen LogP contribution in [0.3, 0.4) is 0 Å². The van der Waals surface area contributed by atoms with E-state index in [2.05, 4.69) is 232 Å². The summed E-state index contributed by atoms with van der Waals surface area (Å²) < 4.78 is 0. The van der Waals surface area contributed by atoms with Gasteiger partial charge in [0.25, 0.3) is 0 Å². The van der Waals surface area contributed by atoms with Gasteiger partial charge in [0.2, 0.25) is 0 Å². The Morgan fingerprint density at radius 3 is 1.50 bits per heavy atom. The monoisotopic (exact) mass is 767 g/mol. The summed E-state index contributed by atoms with van der Waals surface area (Å²) in [5, 5.41) is 3.87. The lowest BCUT2D eigenvalue weighted by Gasteiger charge is -2.50. The molecule has 0 heterocycles. The number of hydrogen-bond donors (Lipinski definition) is 1. The standard InChI is InChI=1S/C59H45N/c1-57(2)49-23-11-9-21-45(49)47-36-34-44(38-55(47)57)60-43-32-29-39(30-33-43)40-31-35-48-46-22-10-12-24-50(46)59(56(48)37-40)53-27-15-13-25-51(53)58(41-17-5-3-6-18-41,42-19-7-4-8-20-42)52-26-14-16-28-54(52)59/h3-32,34-38,43,60H,33H2,1-2H3. The average molecular weight is 768 g/mol. The second-order valence-corrected chi connectivity index (χ2v) is 17.6. The molecule has 0 fully saturated rings. The average Bonchev–Trinajstić information content (AvgIpc) is 3.72. The Morgan fingerprint density at radius 2 is 0.900 bits per heavy atom. The van der Waals surface area contributed by atoms with Crippen molar-refractivity contribution in [3.05, 3.63) is 274 Å². The summed E-state index contributed by atoms with van der Waals surface area (Å²) in [5.74, 6) is 0. The fourth-order valence-corrected chi connectivity index (χ4v) is 11.7. The van der Waals surface area contributed by atoms with Gasteiger partial charge in [-0.3, -0.25) is 0 Å². The van der Waals surface area contributed by atoms with Crippen LogP contribution >= 0.6 is 0 Å². The zero-order valence-electron chi connectivity index (χ0n) is 34.0. The van der Waals surface area contributed by atoms with Crippen LogP contribution < -0.4 is 5.32 Å². The molecule has 0 aromatic heterocycles. The fraction of sp³-hybridized carbons (Fsp3) is 0.119. The second-order valence-electron chi connectivity index (χ2n) is 17.6. The number of rotatable bonds is 5. The van der Waals surface area contributed by atoms with E-state index < -0.39 is 10.8 Å². The second kappa shape index (κ2) is 13.0. The molecule has 0 saturated heterocycles. The molecule has 0 bridgehead atoms. The molecule has 0 radical (unpaired) electrons. The molecule has 0 amide bonds. The van der Waals surface area contributed by atoms with Crippen molar-refractivity contribution < 1.29 is 0 Å². The molecule has 0 saturated carbocycles. The quantitative estimate of drug-likeness (QED) is 0.184. The smallest absolute Gasteiger partial charge is 0.0720 e. The van der Waals surface area contributed by atoms with E-state index in [1.54, 1.807) is 0 Å². The Labute approximate surface area is 353 Å². The van der Waals surface area contributed by atoms with E-state index in [0.717, 1.165) is 6.42 Å². The highest BCUT2D eigenvalue weighted by Crippen LogP contribution is 2.64. The molecule has 1 heteroatoms. The molecular formula is C59H45N. The minimum absolute atomic E-state index is 0.0202. The lowest BCUT2D eigenvalue weighted by molar-refractivity contribution is 0.623. The van der Waals surface area contributed by atoms with Crippen molar-refractivity contribution in [1.82, 2.24) is 0 Å². The van der Waals surface area contributed by atoms with Gasteiger partial charge < -0.3 is 5.32 Å². The molecule has 1 spiro atoms. The van der Waals surface area contributed by atoms with Gasteiger partial charge in [-0.05, 0) is 114 Å². The summed E-state index contributed by atoms with van der Waals surface area (Å²) in [6.07, 6.45) is 8.04. The van der Waals surface area contributed by atoms with Crippen LogP contribution in [0.15, 0.2) is 212 Å². The molecule has 1 N–H and O–H groups in total. The van der Waals surface area contributed by atoms with Gasteiger partial charge in [0.1, 0.15) is 0 Å². The maximum atomic E-state index is 3.87. The molecule has 0 aliphatic heterocycles. The number of allylic oxidation sites excluding steroid dienone is 2. The van der Waals surface area contributed by atoms with Crippen molar-refractivity contribution in [2.75, 3.05) is 5.32 Å². The first-order chi connectivity index (χ1) is 29.5. The van der Waals surface area contributed by atoms with E-state index in [0.29, 0.717) is 0 Å². The van der Waals surface area contributed by atoms with Gasteiger partial charge in [-0.15, -0.1) is 0 Å². The van der Waals surface area contributed by atoms with Gasteiger partial charge in [0, 0.05) is 17.1 Å². The fourth-order valence-electron chi connectivity index (χ4n) is 11.7. The van der Waals surface area contributed by atoms with Crippen molar-refractivity contribution in [2.45, 2.75) is 42.6 Å². The third-order valence-electron chi connectivity index (χ3n) is 14.3. The highest BCUT2D eigenvalue weighted by atomic mass is 14.9. The largest absolute Gasteiger partial charge is 0.379 e. The van der Waals surface area contributed by atoms with E-state index in [1.807, 2.05) is 0 Å². The van der Waals surface area contributed by atoms with Gasteiger partial charge in [-0.2, -0.15) is 0 Å². The third kappa shape index (κ3) is 4.69. The van der Waals surface area contributed by atoms with Crippen LogP contribution in [0, 0.1) is 0 Å². The molecule has 60 heavy (non-hydrogen) atoms. The Balaban J connectivity index is 0.975. The summed E-state index contributed by atoms with van der Waals surface area (Å²) in [6, 6.07) is 73.4. The van der Waals surface area contributed by atoms with Crippen molar-refractivity contribution in [2.24, 2.45) is 0 Å². The number of hydrogen-bond acceptors (Lipinski definition) is 1. The van der Waals surface area contributed by atoms with Gasteiger partial charge in [0.05, 0.1) is 10.8 Å². The summed E-state index contributed by atoms with van der Waals surface area (Å²) in [7, 11) is 0. The first-order valence-corrected chi connectivity index (χ1v) is 21.5. The SMILES string of the molecule is CC1(C)c2ccccc2-c2ccc(NC3C=CC(c4ccc5c(c4)C4(c6ccccc6-5)c5ccccc5C(c5ccccc5)(c5ccccc5)c5ccccc54)=CC3)cc21. The Bertz CT molecular complexity index is 2980. The Kier molecular flexibility index (Phi) is 7.60. The van der Waals surface area contributed by atoms with Crippen molar-refractivity contribution in [3.8, 4) is 22.3 Å². The molecular weight excluding hydrogens is 723 g/mol. The molecule has 8 aromatic rings. The number of nitrogens with one attached hydrogen (secondary N) is 1. The van der Waals surface area contributed by atoms with Crippen molar-refractivity contribution in [1.29, 1.82) is 0 Å². The van der Waals surface area contributed by atoms with Crippen LogP contribution in [0.4, 0.5) is 5.69 Å². The minimum atomic E-state index is -0.508. The summed E-state index contributed by atoms with van der Waals surface area (Å²) in [6.45, 7) is 4.70. The highest BCUT2D eigenvalue weighted by Gasteiger charge is 2.56. The topological polar surface area (TPSA) is 12.0 Å². The number of anilines is 1. The van der Waals surface area contributed by atoms with Gasteiger partial charge in [-0.1, -0.05) is 208 Å². The van der Waals surface area contributed by atoms with Crippen molar-refractivity contribution >= 4 is 11.3 Å². The lowest BCUT2D eigenvalue weighted by Crippen LogP contribution is -2.44. The van der Waals surface area contributed by atoms with Gasteiger partial charge in [0.15, 0.2) is 0 Å². The highest BCUT2D eigenvalue weighted by molar-refractivity contribution is 5.91. The number of fused-ring (bicyclic) bond motifs is 12. The third-order valence-corrected chi connectivity index (χ3v) is 14.3. The Morgan fingerprint density at radius 1 is 0.417 bits per heavy atom. The molecule has 4 aliphatic rings. The summed E-state index contributed by atoms with van der Waals surface area (Å²) >= 11 is 0. The maximum absolute atomic E-state index is 3.87. The van der Waals surface area contributed by atoms with E-state index in [1.165, 1.54) is 94.7 Å². The molecule has 4 aliphatic carbocycles. The van der Waals surface area contributed by atoms with Gasteiger partial charge >= 0.3 is 0 Å². The van der Waals surface area contributed by atoms with Crippen LogP contribution in [0.25, 0.3) is 27.8 Å². The predicted octanol–water partition coefficient (Wildman–Crippen LogP) is 13.9. The van der Waals surface area contributed by atoms with E-state index in [-0.39, 0.29) is 11.5 Å². The van der Waals surface area contributed by atoms with E-state index >= 15 is 0 Å². The van der Waals surface area contributed by atoms with Crippen LogP contribution in [0.1, 0.15) is 81.5 Å². The number of benzene rings is 8. The molecule has 8 aromatic carbocycles. The van der Waals surface area contributed by atoms with E-state index in [9.17, 15) is 0 Å². The molecule has 1 unspecified atom stereocenters. The summed E-state index contributed by atoms with van der Waals surface area (Å²) in [4.78, 5) is 0. The minimum Gasteiger partial charge on any atom is -0.379 e. The predicted molar refractivity (Wildman–Crippen MR) is 249 cm³/mol. The maximum Gasteiger partial charge on any atom is 0.0720 e. The first kappa shape index (κ1) is 35.0. The van der Waals surface area contributed by atoms with Gasteiger partial charge in [-0.25, -0.2) is 0 Å². The van der Waals surface area contributed by atoms with Crippen LogP contribution in [-0.2, 0) is 16.2 Å².